The Hall–Kier alpha value is -1.67. The van der Waals surface area contributed by atoms with Gasteiger partial charge >= 0.3 is 0 Å². The van der Waals surface area contributed by atoms with Crippen LogP contribution in [0.25, 0.3) is 0 Å². The topological polar surface area (TPSA) is 89.7 Å². The second kappa shape index (κ2) is 5.32. The van der Waals surface area contributed by atoms with E-state index in [0.29, 0.717) is 0 Å². The molecule has 0 aromatic heterocycles. The molecule has 0 atom stereocenters. The molecule has 8 heteroatoms. The largest absolute Gasteiger partial charge is 0.494 e. The summed E-state index contributed by atoms with van der Waals surface area (Å²) in [7, 11) is -1.49. The molecular formula is C10H13FN2O4S. The summed E-state index contributed by atoms with van der Waals surface area (Å²) in [5.74, 6) is -1.66. The third-order valence-electron chi connectivity index (χ3n) is 2.21. The fourth-order valence-corrected chi connectivity index (χ4v) is 2.44. The minimum atomic E-state index is -3.94. The molecule has 1 aromatic carbocycles. The van der Waals surface area contributed by atoms with Crippen molar-refractivity contribution in [1.29, 1.82) is 0 Å². The lowest BCUT2D eigenvalue weighted by Gasteiger charge is -2.15. The third kappa shape index (κ3) is 2.96. The summed E-state index contributed by atoms with van der Waals surface area (Å²) >= 11 is 0. The highest BCUT2D eigenvalue weighted by atomic mass is 32.2. The zero-order valence-electron chi connectivity index (χ0n) is 9.88. The second-order valence-corrected chi connectivity index (χ2v) is 5.57. The Morgan fingerprint density at radius 1 is 1.50 bits per heavy atom. The smallest absolute Gasteiger partial charge is 0.243 e. The van der Waals surface area contributed by atoms with Crippen molar-refractivity contribution in [1.82, 2.24) is 4.31 Å². The Labute approximate surface area is 104 Å². The number of benzene rings is 1. The van der Waals surface area contributed by atoms with Crippen molar-refractivity contribution in [3.8, 4) is 5.75 Å². The van der Waals surface area contributed by atoms with E-state index in [1.165, 1.54) is 26.3 Å². The van der Waals surface area contributed by atoms with Crippen LogP contribution in [-0.4, -0.2) is 39.3 Å². The van der Waals surface area contributed by atoms with E-state index >= 15 is 0 Å². The summed E-state index contributed by atoms with van der Waals surface area (Å²) < 4.78 is 42.7. The number of amides is 1. The molecule has 18 heavy (non-hydrogen) atoms. The van der Waals surface area contributed by atoms with Gasteiger partial charge in [0.2, 0.25) is 15.9 Å². The normalized spacial score (nSPS) is 11.6. The molecule has 0 saturated carbocycles. The molecule has 0 radical (unpaired) electrons. The number of sulfonamides is 1. The van der Waals surface area contributed by atoms with Gasteiger partial charge in [-0.3, -0.25) is 4.79 Å². The molecule has 6 nitrogen and oxygen atoms in total. The Bertz CT molecular complexity index is 559. The predicted molar refractivity (Wildman–Crippen MR) is 62.0 cm³/mol. The first-order valence-electron chi connectivity index (χ1n) is 4.87. The van der Waals surface area contributed by atoms with Gasteiger partial charge in [-0.2, -0.15) is 4.31 Å². The van der Waals surface area contributed by atoms with Crippen LogP contribution in [0.4, 0.5) is 4.39 Å². The molecule has 0 spiro atoms. The molecule has 0 aliphatic rings. The fraction of sp³-hybridized carbons (Fsp3) is 0.300. The van der Waals surface area contributed by atoms with E-state index in [2.05, 4.69) is 4.74 Å². The average Bonchev–Trinajstić information content (AvgIpc) is 2.27. The predicted octanol–water partition coefficient (Wildman–Crippen LogP) is -0.0599. The van der Waals surface area contributed by atoms with Crippen LogP contribution in [0, 0.1) is 5.82 Å². The number of carbonyl (C=O) groups is 1. The van der Waals surface area contributed by atoms with Crippen LogP contribution in [0.1, 0.15) is 0 Å². The van der Waals surface area contributed by atoms with Crippen molar-refractivity contribution in [2.24, 2.45) is 5.73 Å². The number of nitrogens with zero attached hydrogens (tertiary/aromatic N) is 1. The van der Waals surface area contributed by atoms with Crippen LogP contribution in [-0.2, 0) is 14.8 Å². The molecule has 1 rings (SSSR count). The zero-order valence-corrected chi connectivity index (χ0v) is 10.7. The Morgan fingerprint density at radius 2 is 2.11 bits per heavy atom. The summed E-state index contributed by atoms with van der Waals surface area (Å²) in [4.78, 5) is 10.4. The van der Waals surface area contributed by atoms with Gasteiger partial charge in [0.05, 0.1) is 18.6 Å². The Kier molecular flexibility index (Phi) is 4.25. The van der Waals surface area contributed by atoms with Gasteiger partial charge in [0.25, 0.3) is 0 Å². The van der Waals surface area contributed by atoms with Crippen LogP contribution in [0.15, 0.2) is 23.1 Å². The lowest BCUT2D eigenvalue weighted by atomic mass is 10.3. The van der Waals surface area contributed by atoms with Crippen LogP contribution in [0.3, 0.4) is 0 Å². The fourth-order valence-electron chi connectivity index (χ4n) is 1.29. The SMILES string of the molecule is COc1ccc(S(=O)(=O)N(C)CC(N)=O)cc1F. The zero-order chi connectivity index (χ0) is 13.9. The van der Waals surface area contributed by atoms with Gasteiger partial charge < -0.3 is 10.5 Å². The van der Waals surface area contributed by atoms with Crippen LogP contribution in [0.2, 0.25) is 0 Å². The first-order valence-corrected chi connectivity index (χ1v) is 6.31. The Balaban J connectivity index is 3.13. The standard InChI is InChI=1S/C10H13FN2O4S/c1-13(6-10(12)14)18(15,16)7-3-4-9(17-2)8(11)5-7/h3-5H,6H2,1-2H3,(H2,12,14). The molecule has 0 bridgehead atoms. The van der Waals surface area contributed by atoms with E-state index in [1.54, 1.807) is 0 Å². The Morgan fingerprint density at radius 3 is 2.56 bits per heavy atom. The van der Waals surface area contributed by atoms with E-state index < -0.39 is 28.3 Å². The van der Waals surface area contributed by atoms with Gasteiger partial charge in [-0.1, -0.05) is 0 Å². The van der Waals surface area contributed by atoms with Gasteiger partial charge in [-0.25, -0.2) is 12.8 Å². The summed E-state index contributed by atoms with van der Waals surface area (Å²) in [6, 6.07) is 3.21. The maximum Gasteiger partial charge on any atom is 0.243 e. The highest BCUT2D eigenvalue weighted by Gasteiger charge is 2.23. The maximum atomic E-state index is 13.4. The number of ether oxygens (including phenoxy) is 1. The second-order valence-electron chi connectivity index (χ2n) is 3.52. The molecule has 2 N–H and O–H groups in total. The molecule has 0 saturated heterocycles. The number of rotatable bonds is 5. The number of methoxy groups -OCH3 is 1. The quantitative estimate of drug-likeness (QED) is 0.815. The minimum Gasteiger partial charge on any atom is -0.494 e. The van der Waals surface area contributed by atoms with Crippen molar-refractivity contribution in [2.45, 2.75) is 4.90 Å². The van der Waals surface area contributed by atoms with E-state index in [0.717, 1.165) is 10.4 Å². The van der Waals surface area contributed by atoms with Gasteiger partial charge in [-0.05, 0) is 18.2 Å². The number of primary amides is 1. The van der Waals surface area contributed by atoms with Gasteiger partial charge in [0.15, 0.2) is 11.6 Å². The number of hydrogen-bond donors (Lipinski definition) is 1. The lowest BCUT2D eigenvalue weighted by Crippen LogP contribution is -2.35. The van der Waals surface area contributed by atoms with Gasteiger partial charge in [0.1, 0.15) is 0 Å². The highest BCUT2D eigenvalue weighted by Crippen LogP contribution is 2.22. The molecule has 1 aromatic rings. The van der Waals surface area contributed by atoms with Crippen LogP contribution >= 0.6 is 0 Å². The van der Waals surface area contributed by atoms with Crippen molar-refractivity contribution in [3.63, 3.8) is 0 Å². The molecular weight excluding hydrogens is 263 g/mol. The van der Waals surface area contributed by atoms with Crippen molar-refractivity contribution in [3.05, 3.63) is 24.0 Å². The third-order valence-corrected chi connectivity index (χ3v) is 4.01. The molecule has 100 valence electrons. The van der Waals surface area contributed by atoms with E-state index in [4.69, 9.17) is 5.73 Å². The van der Waals surface area contributed by atoms with E-state index in [9.17, 15) is 17.6 Å². The van der Waals surface area contributed by atoms with Crippen molar-refractivity contribution >= 4 is 15.9 Å². The van der Waals surface area contributed by atoms with Gasteiger partial charge in [0, 0.05) is 7.05 Å². The van der Waals surface area contributed by atoms with E-state index in [1.807, 2.05) is 0 Å². The number of hydrogen-bond acceptors (Lipinski definition) is 4. The van der Waals surface area contributed by atoms with Crippen molar-refractivity contribution in [2.75, 3.05) is 20.7 Å². The molecule has 0 heterocycles. The molecule has 0 aliphatic heterocycles. The average molecular weight is 276 g/mol. The minimum absolute atomic E-state index is 0.0634. The number of likely N-dealkylation sites (N-methyl/N-ethyl adjacent to an activating group) is 1. The van der Waals surface area contributed by atoms with Crippen molar-refractivity contribution < 1.29 is 22.3 Å². The molecule has 0 aliphatic carbocycles. The number of nitrogens with two attached hydrogens (primary N) is 1. The summed E-state index contributed by atoms with van der Waals surface area (Å²) in [6.45, 7) is -0.476. The van der Waals surface area contributed by atoms with Gasteiger partial charge in [-0.15, -0.1) is 0 Å². The lowest BCUT2D eigenvalue weighted by molar-refractivity contribution is -0.118. The molecule has 0 fully saturated rings. The molecule has 1 amide bonds. The first kappa shape index (κ1) is 14.4. The molecule has 0 unspecified atom stereocenters. The highest BCUT2D eigenvalue weighted by molar-refractivity contribution is 7.89. The number of halogens is 1. The maximum absolute atomic E-state index is 13.4. The number of carbonyl (C=O) groups excluding carboxylic acids is 1. The summed E-state index contributed by atoms with van der Waals surface area (Å²) in [6.07, 6.45) is 0. The summed E-state index contributed by atoms with van der Waals surface area (Å²) in [5, 5.41) is 0. The summed E-state index contributed by atoms with van der Waals surface area (Å²) in [5.41, 5.74) is 4.90. The van der Waals surface area contributed by atoms with Crippen LogP contribution < -0.4 is 10.5 Å². The van der Waals surface area contributed by atoms with Crippen LogP contribution in [0.5, 0.6) is 5.75 Å². The monoisotopic (exact) mass is 276 g/mol. The first-order chi connectivity index (χ1) is 8.28. The van der Waals surface area contributed by atoms with E-state index in [-0.39, 0.29) is 10.6 Å².